The Hall–Kier alpha value is -2.38. The smallest absolute Gasteiger partial charge is 0.330 e. The number of methoxy groups -OCH3 is 1. The molecule has 0 aliphatic heterocycles. The quantitative estimate of drug-likeness (QED) is 0.729. The number of nitrogens with zero attached hydrogens (tertiary/aromatic N) is 3. The van der Waals surface area contributed by atoms with Gasteiger partial charge in [0.1, 0.15) is 5.82 Å². The van der Waals surface area contributed by atoms with E-state index in [0.29, 0.717) is 41.7 Å². The van der Waals surface area contributed by atoms with Crippen LogP contribution in [0.15, 0.2) is 33.9 Å². The van der Waals surface area contributed by atoms with Gasteiger partial charge in [0, 0.05) is 30.8 Å². The predicted molar refractivity (Wildman–Crippen MR) is 97.2 cm³/mol. The van der Waals surface area contributed by atoms with Crippen molar-refractivity contribution in [3.8, 4) is 11.4 Å². The van der Waals surface area contributed by atoms with Crippen molar-refractivity contribution in [3.05, 3.63) is 50.1 Å². The van der Waals surface area contributed by atoms with Gasteiger partial charge >= 0.3 is 5.69 Å². The molecule has 0 amide bonds. The average molecular weight is 363 g/mol. The zero-order chi connectivity index (χ0) is 18.0. The largest absolute Gasteiger partial charge is 0.383 e. The lowest BCUT2D eigenvalue weighted by Crippen LogP contribution is -2.31. The minimum Gasteiger partial charge on any atom is -0.383 e. The standard InChI is InChI=1S/C17H19ClN4O3/c1-3-8-22-15-13(16(23)20-17(22)24)21(9-10-25-2)14(19-15)11-4-6-12(18)7-5-11/h4-7H,3,8-10H2,1-2H3,(H,20,23,24). The molecule has 3 aromatic rings. The molecule has 0 aliphatic carbocycles. The Morgan fingerprint density at radius 1 is 1.16 bits per heavy atom. The number of aromatic nitrogens is 4. The highest BCUT2D eigenvalue weighted by molar-refractivity contribution is 6.30. The molecular weight excluding hydrogens is 344 g/mol. The van der Waals surface area contributed by atoms with Gasteiger partial charge in [-0.2, -0.15) is 0 Å². The van der Waals surface area contributed by atoms with Crippen LogP contribution in [0, 0.1) is 0 Å². The summed E-state index contributed by atoms with van der Waals surface area (Å²) in [4.78, 5) is 31.6. The minimum absolute atomic E-state index is 0.370. The Labute approximate surface area is 148 Å². The Morgan fingerprint density at radius 3 is 2.52 bits per heavy atom. The van der Waals surface area contributed by atoms with Gasteiger partial charge in [0.2, 0.25) is 0 Å². The summed E-state index contributed by atoms with van der Waals surface area (Å²) in [5.74, 6) is 0.602. The normalized spacial score (nSPS) is 11.3. The number of aryl methyl sites for hydroxylation is 1. The highest BCUT2D eigenvalue weighted by Crippen LogP contribution is 2.24. The third-order valence-electron chi connectivity index (χ3n) is 3.95. The van der Waals surface area contributed by atoms with E-state index in [2.05, 4.69) is 9.97 Å². The number of hydrogen-bond donors (Lipinski definition) is 1. The van der Waals surface area contributed by atoms with Crippen LogP contribution in [0.4, 0.5) is 0 Å². The van der Waals surface area contributed by atoms with E-state index in [9.17, 15) is 9.59 Å². The SMILES string of the molecule is CCCn1c(=O)[nH]c(=O)c2c1nc(-c1ccc(Cl)cc1)n2CCOC. The summed E-state index contributed by atoms with van der Waals surface area (Å²) >= 11 is 5.97. The third kappa shape index (κ3) is 3.25. The van der Waals surface area contributed by atoms with Gasteiger partial charge in [-0.3, -0.25) is 14.3 Å². The molecule has 25 heavy (non-hydrogen) atoms. The number of halogens is 1. The maximum absolute atomic E-state index is 12.4. The van der Waals surface area contributed by atoms with Gasteiger partial charge in [-0.25, -0.2) is 9.78 Å². The Morgan fingerprint density at radius 2 is 1.88 bits per heavy atom. The van der Waals surface area contributed by atoms with Gasteiger partial charge < -0.3 is 9.30 Å². The van der Waals surface area contributed by atoms with Crippen molar-refractivity contribution >= 4 is 22.8 Å². The van der Waals surface area contributed by atoms with E-state index in [1.807, 2.05) is 19.1 Å². The van der Waals surface area contributed by atoms with E-state index >= 15 is 0 Å². The van der Waals surface area contributed by atoms with E-state index in [4.69, 9.17) is 16.3 Å². The second-order valence-corrected chi connectivity index (χ2v) is 6.11. The number of imidazole rings is 1. The van der Waals surface area contributed by atoms with Crippen LogP contribution in [0.1, 0.15) is 13.3 Å². The van der Waals surface area contributed by atoms with E-state index < -0.39 is 11.2 Å². The van der Waals surface area contributed by atoms with Gasteiger partial charge in [-0.15, -0.1) is 0 Å². The van der Waals surface area contributed by atoms with Gasteiger partial charge in [-0.1, -0.05) is 18.5 Å². The summed E-state index contributed by atoms with van der Waals surface area (Å²) in [6.07, 6.45) is 0.752. The number of rotatable bonds is 6. The highest BCUT2D eigenvalue weighted by atomic mass is 35.5. The predicted octanol–water partition coefficient (Wildman–Crippen LogP) is 2.26. The molecule has 3 rings (SSSR count). The molecule has 0 fully saturated rings. The van der Waals surface area contributed by atoms with E-state index in [-0.39, 0.29) is 0 Å². The first-order valence-electron chi connectivity index (χ1n) is 8.05. The molecule has 0 bridgehead atoms. The third-order valence-corrected chi connectivity index (χ3v) is 4.21. The van der Waals surface area contributed by atoms with E-state index in [0.717, 1.165) is 12.0 Å². The maximum Gasteiger partial charge on any atom is 0.330 e. The Kier molecular flexibility index (Phi) is 5.06. The van der Waals surface area contributed by atoms with E-state index in [1.54, 1.807) is 23.8 Å². The van der Waals surface area contributed by atoms with Crippen molar-refractivity contribution < 1.29 is 4.74 Å². The molecule has 132 valence electrons. The monoisotopic (exact) mass is 362 g/mol. The van der Waals surface area contributed by atoms with Crippen molar-refractivity contribution in [1.29, 1.82) is 0 Å². The second-order valence-electron chi connectivity index (χ2n) is 5.67. The molecule has 0 saturated heterocycles. The van der Waals surface area contributed by atoms with E-state index in [1.165, 1.54) is 4.57 Å². The van der Waals surface area contributed by atoms with Crippen molar-refractivity contribution in [3.63, 3.8) is 0 Å². The van der Waals surface area contributed by atoms with Crippen LogP contribution in [-0.4, -0.2) is 32.8 Å². The number of hydrogen-bond acceptors (Lipinski definition) is 4. The fourth-order valence-corrected chi connectivity index (χ4v) is 2.95. The molecule has 0 atom stereocenters. The molecule has 2 heterocycles. The molecule has 1 N–H and O–H groups in total. The van der Waals surface area contributed by atoms with Gasteiger partial charge in [-0.05, 0) is 30.7 Å². The fourth-order valence-electron chi connectivity index (χ4n) is 2.82. The molecule has 8 heteroatoms. The van der Waals surface area contributed by atoms with Gasteiger partial charge in [0.25, 0.3) is 5.56 Å². The average Bonchev–Trinajstić information content (AvgIpc) is 2.97. The van der Waals surface area contributed by atoms with Crippen LogP contribution in [0.25, 0.3) is 22.6 Å². The topological polar surface area (TPSA) is 81.9 Å². The molecule has 0 saturated carbocycles. The van der Waals surface area contributed by atoms with Crippen LogP contribution < -0.4 is 11.2 Å². The molecule has 2 aromatic heterocycles. The number of aromatic amines is 1. The molecule has 1 aromatic carbocycles. The Bertz CT molecular complexity index is 1000. The first-order chi connectivity index (χ1) is 12.1. The highest BCUT2D eigenvalue weighted by Gasteiger charge is 2.19. The summed E-state index contributed by atoms with van der Waals surface area (Å²) in [5, 5.41) is 0.615. The number of H-pyrrole nitrogens is 1. The fraction of sp³-hybridized carbons (Fsp3) is 0.353. The molecule has 0 aliphatic rings. The zero-order valence-electron chi connectivity index (χ0n) is 14.1. The van der Waals surface area contributed by atoms with Crippen molar-refractivity contribution in [2.24, 2.45) is 0 Å². The Balaban J connectivity index is 2.33. The summed E-state index contributed by atoms with van der Waals surface area (Å²) < 4.78 is 8.45. The number of nitrogens with one attached hydrogen (secondary N) is 1. The first kappa shape index (κ1) is 17.4. The minimum atomic E-state index is -0.448. The number of ether oxygens (including phenoxy) is 1. The van der Waals surface area contributed by atoms with Crippen LogP contribution in [0.2, 0.25) is 5.02 Å². The van der Waals surface area contributed by atoms with Gasteiger partial charge in [0.15, 0.2) is 11.2 Å². The molecular formula is C17H19ClN4O3. The van der Waals surface area contributed by atoms with Gasteiger partial charge in [0.05, 0.1) is 6.61 Å². The summed E-state index contributed by atoms with van der Waals surface area (Å²) in [6.45, 7) is 3.30. The molecule has 0 radical (unpaired) electrons. The summed E-state index contributed by atoms with van der Waals surface area (Å²) in [5.41, 5.74) is 0.674. The van der Waals surface area contributed by atoms with Crippen LogP contribution in [0.3, 0.4) is 0 Å². The second kappa shape index (κ2) is 7.25. The lowest BCUT2D eigenvalue weighted by Gasteiger charge is -2.08. The molecule has 0 spiro atoms. The lowest BCUT2D eigenvalue weighted by molar-refractivity contribution is 0.188. The summed E-state index contributed by atoms with van der Waals surface area (Å²) in [6, 6.07) is 7.20. The summed E-state index contributed by atoms with van der Waals surface area (Å²) in [7, 11) is 1.60. The molecule has 7 nitrogen and oxygen atoms in total. The van der Waals surface area contributed by atoms with Crippen LogP contribution >= 0.6 is 11.6 Å². The maximum atomic E-state index is 12.4. The van der Waals surface area contributed by atoms with Crippen LogP contribution in [0.5, 0.6) is 0 Å². The van der Waals surface area contributed by atoms with Crippen LogP contribution in [-0.2, 0) is 17.8 Å². The number of benzene rings is 1. The van der Waals surface area contributed by atoms with Crippen molar-refractivity contribution in [1.82, 2.24) is 19.1 Å². The zero-order valence-corrected chi connectivity index (χ0v) is 14.8. The lowest BCUT2D eigenvalue weighted by atomic mass is 10.2. The first-order valence-corrected chi connectivity index (χ1v) is 8.42. The number of fused-ring (bicyclic) bond motifs is 1. The molecule has 0 unspecified atom stereocenters. The van der Waals surface area contributed by atoms with Crippen molar-refractivity contribution in [2.45, 2.75) is 26.4 Å². The van der Waals surface area contributed by atoms with Crippen molar-refractivity contribution in [2.75, 3.05) is 13.7 Å².